The average molecular weight is 122 g/mol. The minimum Gasteiger partial charge on any atom is -0.472 e. The van der Waals surface area contributed by atoms with Crippen LogP contribution in [0.5, 0.6) is 0 Å². The Morgan fingerprint density at radius 2 is 2.56 bits per heavy atom. The smallest absolute Gasteiger partial charge is 0.0937 e. The van der Waals surface area contributed by atoms with Crippen LogP contribution in [-0.4, -0.2) is 0 Å². The van der Waals surface area contributed by atoms with Crippen LogP contribution < -0.4 is 0 Å². The highest BCUT2D eigenvalue weighted by Gasteiger charge is 1.91. The Hall–Kier alpha value is -0.980. The SMILES string of the molecule is C=C(C)Cc1ccoc1. The van der Waals surface area contributed by atoms with Gasteiger partial charge < -0.3 is 4.42 Å². The summed E-state index contributed by atoms with van der Waals surface area (Å²) >= 11 is 0. The Morgan fingerprint density at radius 3 is 3.00 bits per heavy atom. The van der Waals surface area contributed by atoms with Gasteiger partial charge in [0, 0.05) is 0 Å². The van der Waals surface area contributed by atoms with Gasteiger partial charge in [0.2, 0.25) is 0 Å². The zero-order valence-electron chi connectivity index (χ0n) is 5.55. The lowest BCUT2D eigenvalue weighted by molar-refractivity contribution is 0.564. The molecule has 0 bridgehead atoms. The van der Waals surface area contributed by atoms with E-state index in [-0.39, 0.29) is 0 Å². The third-order valence-electron chi connectivity index (χ3n) is 1.09. The van der Waals surface area contributed by atoms with Crippen LogP contribution in [0.3, 0.4) is 0 Å². The summed E-state index contributed by atoms with van der Waals surface area (Å²) < 4.78 is 4.87. The highest BCUT2D eigenvalue weighted by molar-refractivity contribution is 5.13. The van der Waals surface area contributed by atoms with Gasteiger partial charge in [0.15, 0.2) is 0 Å². The van der Waals surface area contributed by atoms with Gasteiger partial charge in [-0.2, -0.15) is 0 Å². The third-order valence-corrected chi connectivity index (χ3v) is 1.09. The lowest BCUT2D eigenvalue weighted by atomic mass is 10.1. The first-order chi connectivity index (χ1) is 4.29. The van der Waals surface area contributed by atoms with Gasteiger partial charge in [-0.25, -0.2) is 0 Å². The van der Waals surface area contributed by atoms with Crippen LogP contribution in [0.25, 0.3) is 0 Å². The molecule has 0 fully saturated rings. The molecule has 0 radical (unpaired) electrons. The molecule has 1 aromatic heterocycles. The first-order valence-corrected chi connectivity index (χ1v) is 2.94. The summed E-state index contributed by atoms with van der Waals surface area (Å²) in [5.41, 5.74) is 2.36. The molecule has 0 aliphatic rings. The van der Waals surface area contributed by atoms with Crippen molar-refractivity contribution >= 4 is 0 Å². The van der Waals surface area contributed by atoms with Gasteiger partial charge in [0.25, 0.3) is 0 Å². The van der Waals surface area contributed by atoms with Gasteiger partial charge in [-0.15, -0.1) is 0 Å². The molecule has 1 nitrogen and oxygen atoms in total. The first kappa shape index (κ1) is 6.14. The van der Waals surface area contributed by atoms with E-state index >= 15 is 0 Å². The summed E-state index contributed by atoms with van der Waals surface area (Å²) in [5, 5.41) is 0. The fraction of sp³-hybridized carbons (Fsp3) is 0.250. The molecule has 1 rings (SSSR count). The zero-order chi connectivity index (χ0) is 6.69. The van der Waals surface area contributed by atoms with Gasteiger partial charge in [0.1, 0.15) is 0 Å². The fourth-order valence-corrected chi connectivity index (χ4v) is 0.742. The van der Waals surface area contributed by atoms with E-state index < -0.39 is 0 Å². The van der Waals surface area contributed by atoms with Crippen molar-refractivity contribution in [3.63, 3.8) is 0 Å². The van der Waals surface area contributed by atoms with E-state index in [9.17, 15) is 0 Å². The van der Waals surface area contributed by atoms with Crippen LogP contribution in [0, 0.1) is 0 Å². The van der Waals surface area contributed by atoms with E-state index in [1.807, 2.05) is 13.0 Å². The molecule has 1 heterocycles. The van der Waals surface area contributed by atoms with Gasteiger partial charge in [0.05, 0.1) is 12.5 Å². The quantitative estimate of drug-likeness (QED) is 0.549. The summed E-state index contributed by atoms with van der Waals surface area (Å²) in [6, 6.07) is 1.95. The van der Waals surface area contributed by atoms with Crippen LogP contribution in [0.1, 0.15) is 12.5 Å². The molecule has 0 aromatic carbocycles. The summed E-state index contributed by atoms with van der Waals surface area (Å²) in [6.07, 6.45) is 4.35. The highest BCUT2D eigenvalue weighted by atomic mass is 16.3. The summed E-state index contributed by atoms with van der Waals surface area (Å²) in [5.74, 6) is 0. The maximum Gasteiger partial charge on any atom is 0.0937 e. The second-order valence-corrected chi connectivity index (χ2v) is 2.27. The van der Waals surface area contributed by atoms with Crippen LogP contribution in [-0.2, 0) is 6.42 Å². The topological polar surface area (TPSA) is 13.1 Å². The standard InChI is InChI=1S/C8H10O/c1-7(2)5-8-3-4-9-6-8/h3-4,6H,1,5H2,2H3. The predicted octanol–water partition coefficient (Wildman–Crippen LogP) is 2.40. The van der Waals surface area contributed by atoms with E-state index in [2.05, 4.69) is 6.58 Å². The molecule has 1 heteroatoms. The minimum atomic E-state index is 0.927. The Kier molecular flexibility index (Phi) is 1.73. The van der Waals surface area contributed by atoms with E-state index in [0.717, 1.165) is 12.0 Å². The van der Waals surface area contributed by atoms with Crippen molar-refractivity contribution < 1.29 is 4.42 Å². The molecule has 0 spiro atoms. The van der Waals surface area contributed by atoms with E-state index in [0.29, 0.717) is 0 Å². The monoisotopic (exact) mass is 122 g/mol. The maximum absolute atomic E-state index is 4.87. The van der Waals surface area contributed by atoms with E-state index in [1.54, 1.807) is 12.5 Å². The molecule has 0 aliphatic heterocycles. The van der Waals surface area contributed by atoms with E-state index in [1.165, 1.54) is 5.56 Å². The molecule has 0 unspecified atom stereocenters. The fourth-order valence-electron chi connectivity index (χ4n) is 0.742. The van der Waals surface area contributed by atoms with Gasteiger partial charge >= 0.3 is 0 Å². The number of hydrogen-bond acceptors (Lipinski definition) is 1. The Labute approximate surface area is 55.0 Å². The van der Waals surface area contributed by atoms with Crippen molar-refractivity contribution in [2.75, 3.05) is 0 Å². The first-order valence-electron chi connectivity index (χ1n) is 2.94. The summed E-state index contributed by atoms with van der Waals surface area (Å²) in [4.78, 5) is 0. The molecule has 0 atom stereocenters. The van der Waals surface area contributed by atoms with Crippen molar-refractivity contribution in [3.05, 3.63) is 36.3 Å². The second kappa shape index (κ2) is 2.53. The molecule has 0 saturated carbocycles. The number of hydrogen-bond donors (Lipinski definition) is 0. The number of furan rings is 1. The normalized spacial score (nSPS) is 9.44. The van der Waals surface area contributed by atoms with Crippen molar-refractivity contribution in [3.8, 4) is 0 Å². The number of rotatable bonds is 2. The summed E-state index contributed by atoms with van der Waals surface area (Å²) in [6.45, 7) is 5.80. The van der Waals surface area contributed by atoms with Gasteiger partial charge in [-0.1, -0.05) is 12.2 Å². The molecular weight excluding hydrogens is 112 g/mol. The minimum absolute atomic E-state index is 0.927. The summed E-state index contributed by atoms with van der Waals surface area (Å²) in [7, 11) is 0. The van der Waals surface area contributed by atoms with Gasteiger partial charge in [-0.05, 0) is 25.0 Å². The van der Waals surface area contributed by atoms with Crippen molar-refractivity contribution in [2.24, 2.45) is 0 Å². The molecule has 0 aliphatic carbocycles. The Balaban J connectivity index is 2.58. The molecule has 0 saturated heterocycles. The van der Waals surface area contributed by atoms with E-state index in [4.69, 9.17) is 4.42 Å². The van der Waals surface area contributed by atoms with Crippen LogP contribution >= 0.6 is 0 Å². The van der Waals surface area contributed by atoms with Crippen molar-refractivity contribution in [2.45, 2.75) is 13.3 Å². The third kappa shape index (κ3) is 1.76. The lowest BCUT2D eigenvalue weighted by Gasteiger charge is -1.90. The Morgan fingerprint density at radius 1 is 1.78 bits per heavy atom. The molecule has 48 valence electrons. The second-order valence-electron chi connectivity index (χ2n) is 2.27. The molecule has 1 aromatic rings. The molecular formula is C8H10O. The molecule has 9 heavy (non-hydrogen) atoms. The van der Waals surface area contributed by atoms with Crippen molar-refractivity contribution in [1.29, 1.82) is 0 Å². The van der Waals surface area contributed by atoms with Crippen LogP contribution in [0.4, 0.5) is 0 Å². The van der Waals surface area contributed by atoms with Crippen molar-refractivity contribution in [1.82, 2.24) is 0 Å². The largest absolute Gasteiger partial charge is 0.472 e. The van der Waals surface area contributed by atoms with Crippen LogP contribution in [0.2, 0.25) is 0 Å². The highest BCUT2D eigenvalue weighted by Crippen LogP contribution is 2.05. The number of allylic oxidation sites excluding steroid dienone is 1. The molecule has 0 N–H and O–H groups in total. The maximum atomic E-state index is 4.87. The zero-order valence-corrected chi connectivity index (χ0v) is 5.55. The van der Waals surface area contributed by atoms with Crippen LogP contribution in [0.15, 0.2) is 35.2 Å². The van der Waals surface area contributed by atoms with Gasteiger partial charge in [-0.3, -0.25) is 0 Å². The Bertz CT molecular complexity index is 184. The molecule has 0 amide bonds. The average Bonchev–Trinajstić information content (AvgIpc) is 2.15. The predicted molar refractivity (Wildman–Crippen MR) is 37.2 cm³/mol. The lowest BCUT2D eigenvalue weighted by Crippen LogP contribution is -1.79.